The van der Waals surface area contributed by atoms with E-state index in [0.717, 1.165) is 0 Å². The highest BCUT2D eigenvalue weighted by Gasteiger charge is 2.54. The van der Waals surface area contributed by atoms with Crippen molar-refractivity contribution in [2.24, 2.45) is 5.11 Å². The van der Waals surface area contributed by atoms with E-state index in [0.29, 0.717) is 0 Å². The molecule has 0 aliphatic carbocycles. The van der Waals surface area contributed by atoms with E-state index in [1.165, 1.54) is 11.8 Å². The Balaban J connectivity index is 2.29. The number of nitrogens with zero attached hydrogens (tertiary/aromatic N) is 4. The summed E-state index contributed by atoms with van der Waals surface area (Å²) in [7, 11) is 0. The van der Waals surface area contributed by atoms with Crippen LogP contribution in [0.1, 0.15) is 20.3 Å². The molecule has 128 valence electrons. The summed E-state index contributed by atoms with van der Waals surface area (Å²) in [5.41, 5.74) is 8.58. The zero-order valence-corrected chi connectivity index (χ0v) is 13.4. The van der Waals surface area contributed by atoms with E-state index in [4.69, 9.17) is 26.6 Å². The zero-order chi connectivity index (χ0) is 17.2. The lowest BCUT2D eigenvalue weighted by Gasteiger charge is -2.44. The molecule has 2 fully saturated rings. The molecule has 11 heteroatoms. The van der Waals surface area contributed by atoms with Crippen molar-refractivity contribution in [2.45, 2.75) is 49.7 Å². The summed E-state index contributed by atoms with van der Waals surface area (Å²) in [6, 6.07) is -1.35. The third kappa shape index (κ3) is 3.22. The summed E-state index contributed by atoms with van der Waals surface area (Å²) in [5.74, 6) is -0.665. The van der Waals surface area contributed by atoms with Gasteiger partial charge < -0.3 is 14.6 Å². The summed E-state index contributed by atoms with van der Waals surface area (Å²) < 4.78 is 11.1. The standard InChI is InChI=1S/C12H18ClN5O5/c1-3-22-10-12(2,13)9(20)15-11(21)18(10)8-4-6(16-17-14)7(5-19)23-8/h6-8,10,19H,3-5H2,1-2H3,(H,15,20,21)/t6?,7-,8-,10-,12-/m1/s1. The topological polar surface area (TPSA) is 137 Å². The van der Waals surface area contributed by atoms with Gasteiger partial charge in [0.15, 0.2) is 11.1 Å². The molecule has 2 saturated heterocycles. The first-order valence-corrected chi connectivity index (χ1v) is 7.49. The molecule has 1 unspecified atom stereocenters. The number of aliphatic hydroxyl groups excluding tert-OH is 1. The predicted octanol–water partition coefficient (Wildman–Crippen LogP) is 0.685. The van der Waals surface area contributed by atoms with E-state index >= 15 is 0 Å². The number of carbonyl (C=O) groups excluding carboxylic acids is 2. The van der Waals surface area contributed by atoms with Gasteiger partial charge in [0.2, 0.25) is 0 Å². The molecule has 2 rings (SSSR count). The second-order valence-corrected chi connectivity index (χ2v) is 6.15. The number of hydrogen-bond donors (Lipinski definition) is 2. The fraction of sp³-hybridized carbons (Fsp3) is 0.833. The molecular weight excluding hydrogens is 330 g/mol. The molecule has 2 aliphatic rings. The van der Waals surface area contributed by atoms with Crippen LogP contribution in [0.3, 0.4) is 0 Å². The lowest BCUT2D eigenvalue weighted by Crippen LogP contribution is -2.69. The number of rotatable bonds is 5. The van der Waals surface area contributed by atoms with Crippen LogP contribution >= 0.6 is 11.6 Å². The number of ether oxygens (including phenoxy) is 2. The molecule has 0 aromatic carbocycles. The highest BCUT2D eigenvalue weighted by atomic mass is 35.5. The fourth-order valence-electron chi connectivity index (χ4n) is 2.68. The lowest BCUT2D eigenvalue weighted by atomic mass is 10.0. The van der Waals surface area contributed by atoms with Gasteiger partial charge >= 0.3 is 6.03 Å². The van der Waals surface area contributed by atoms with Crippen LogP contribution in [0, 0.1) is 0 Å². The van der Waals surface area contributed by atoms with Gasteiger partial charge in [-0.1, -0.05) is 5.11 Å². The summed E-state index contributed by atoms with van der Waals surface area (Å²) in [5, 5.41) is 15.0. The summed E-state index contributed by atoms with van der Waals surface area (Å²) in [6.45, 7) is 3.00. The van der Waals surface area contributed by atoms with E-state index in [9.17, 15) is 14.7 Å². The van der Waals surface area contributed by atoms with Gasteiger partial charge in [0, 0.05) is 17.9 Å². The van der Waals surface area contributed by atoms with Crippen molar-refractivity contribution in [3.05, 3.63) is 10.4 Å². The highest BCUT2D eigenvalue weighted by Crippen LogP contribution is 2.35. The molecule has 0 aromatic rings. The molecule has 10 nitrogen and oxygen atoms in total. The summed E-state index contributed by atoms with van der Waals surface area (Å²) in [4.78, 5) is 26.6. The van der Waals surface area contributed by atoms with Crippen molar-refractivity contribution in [3.63, 3.8) is 0 Å². The normalized spacial score (nSPS) is 37.5. The maximum absolute atomic E-state index is 12.2. The Hall–Kier alpha value is -1.58. The largest absolute Gasteiger partial charge is 0.394 e. The first kappa shape index (κ1) is 17.8. The van der Waals surface area contributed by atoms with Crippen LogP contribution in [-0.2, 0) is 14.3 Å². The number of aliphatic hydroxyl groups is 1. The van der Waals surface area contributed by atoms with Crippen LogP contribution in [0.2, 0.25) is 0 Å². The first-order valence-electron chi connectivity index (χ1n) is 7.11. The maximum Gasteiger partial charge on any atom is 0.328 e. The molecular formula is C12H18ClN5O5. The van der Waals surface area contributed by atoms with Crippen molar-refractivity contribution in [1.82, 2.24) is 10.2 Å². The minimum Gasteiger partial charge on any atom is -0.394 e. The van der Waals surface area contributed by atoms with Gasteiger partial charge in [0.1, 0.15) is 6.23 Å². The van der Waals surface area contributed by atoms with Crippen LogP contribution in [0.4, 0.5) is 4.79 Å². The molecule has 0 radical (unpaired) electrons. The molecule has 2 N–H and O–H groups in total. The van der Waals surface area contributed by atoms with Gasteiger partial charge in [-0.15, -0.1) is 11.6 Å². The summed E-state index contributed by atoms with van der Waals surface area (Å²) >= 11 is 6.26. The van der Waals surface area contributed by atoms with Crippen molar-refractivity contribution in [3.8, 4) is 0 Å². The van der Waals surface area contributed by atoms with E-state index < -0.39 is 41.4 Å². The van der Waals surface area contributed by atoms with Crippen LogP contribution < -0.4 is 5.32 Å². The molecule has 23 heavy (non-hydrogen) atoms. The van der Waals surface area contributed by atoms with Crippen LogP contribution in [0.25, 0.3) is 10.4 Å². The molecule has 0 saturated carbocycles. The SMILES string of the molecule is CCO[C@H]1N([C@H]2CC(N=[N+]=[N-])[C@@H](CO)O2)C(=O)NC(=O)[C@@]1(C)Cl. The summed E-state index contributed by atoms with van der Waals surface area (Å²) in [6.07, 6.45) is -2.48. The Labute approximate surface area is 137 Å². The zero-order valence-electron chi connectivity index (χ0n) is 12.7. The van der Waals surface area contributed by atoms with Crippen molar-refractivity contribution < 1.29 is 24.2 Å². The average molecular weight is 348 g/mol. The Kier molecular flexibility index (Phi) is 5.33. The van der Waals surface area contributed by atoms with E-state index in [1.54, 1.807) is 6.92 Å². The van der Waals surface area contributed by atoms with Gasteiger partial charge in [0.05, 0.1) is 18.8 Å². The quantitative estimate of drug-likeness (QED) is 0.326. The van der Waals surface area contributed by atoms with Crippen LogP contribution in [-0.4, -0.2) is 64.6 Å². The minimum absolute atomic E-state index is 0.160. The lowest BCUT2D eigenvalue weighted by molar-refractivity contribution is -0.160. The van der Waals surface area contributed by atoms with Gasteiger partial charge in [0.25, 0.3) is 5.91 Å². The number of hydrogen-bond acceptors (Lipinski definition) is 6. The molecule has 0 bridgehead atoms. The third-order valence-corrected chi connectivity index (χ3v) is 4.19. The third-order valence-electron chi connectivity index (χ3n) is 3.83. The highest BCUT2D eigenvalue weighted by molar-refractivity contribution is 6.36. The second-order valence-electron chi connectivity index (χ2n) is 5.37. The molecule has 2 aliphatic heterocycles. The van der Waals surface area contributed by atoms with Crippen molar-refractivity contribution >= 4 is 23.5 Å². The average Bonchev–Trinajstić information content (AvgIpc) is 2.88. The monoisotopic (exact) mass is 347 g/mol. The molecule has 5 atom stereocenters. The van der Waals surface area contributed by atoms with E-state index in [2.05, 4.69) is 15.3 Å². The first-order chi connectivity index (χ1) is 10.9. The second kappa shape index (κ2) is 6.90. The number of nitrogens with one attached hydrogen (secondary N) is 1. The van der Waals surface area contributed by atoms with E-state index in [-0.39, 0.29) is 19.6 Å². The predicted molar refractivity (Wildman–Crippen MR) is 78.3 cm³/mol. The van der Waals surface area contributed by atoms with Gasteiger partial charge in [-0.3, -0.25) is 15.0 Å². The smallest absolute Gasteiger partial charge is 0.328 e. The number of alkyl halides is 1. The Morgan fingerprint density at radius 3 is 2.91 bits per heavy atom. The number of halogens is 1. The number of carbonyl (C=O) groups is 2. The fourth-order valence-corrected chi connectivity index (χ4v) is 2.89. The maximum atomic E-state index is 12.2. The van der Waals surface area contributed by atoms with Crippen molar-refractivity contribution in [2.75, 3.05) is 13.2 Å². The Morgan fingerprint density at radius 1 is 1.65 bits per heavy atom. The number of imide groups is 1. The van der Waals surface area contributed by atoms with E-state index in [1.807, 2.05) is 0 Å². The molecule has 2 heterocycles. The number of azide groups is 1. The van der Waals surface area contributed by atoms with Gasteiger partial charge in [-0.2, -0.15) is 0 Å². The minimum atomic E-state index is -1.50. The van der Waals surface area contributed by atoms with Gasteiger partial charge in [-0.05, 0) is 19.4 Å². The Morgan fingerprint density at radius 2 is 2.35 bits per heavy atom. The van der Waals surface area contributed by atoms with Crippen LogP contribution in [0.15, 0.2) is 5.11 Å². The number of amides is 3. The molecule has 3 amide bonds. The molecule has 0 aromatic heterocycles. The van der Waals surface area contributed by atoms with Gasteiger partial charge in [-0.25, -0.2) is 4.79 Å². The molecule has 0 spiro atoms. The van der Waals surface area contributed by atoms with Crippen molar-refractivity contribution in [1.29, 1.82) is 0 Å². The Bertz CT molecular complexity index is 538. The number of urea groups is 1. The van der Waals surface area contributed by atoms with Crippen LogP contribution in [0.5, 0.6) is 0 Å².